The first-order chi connectivity index (χ1) is 10.8. The predicted octanol–water partition coefficient (Wildman–Crippen LogP) is 3.32. The van der Waals surface area contributed by atoms with Crippen LogP contribution in [0.3, 0.4) is 0 Å². The first kappa shape index (κ1) is 14.0. The van der Waals surface area contributed by atoms with Gasteiger partial charge in [-0.2, -0.15) is 0 Å². The average Bonchev–Trinajstić information content (AvgIpc) is 2.58. The molecule has 3 nitrogen and oxygen atoms in total. The van der Waals surface area contributed by atoms with Crippen molar-refractivity contribution in [1.29, 1.82) is 0 Å². The molecule has 1 unspecified atom stereocenters. The highest BCUT2D eigenvalue weighted by Crippen LogP contribution is 2.21. The quantitative estimate of drug-likeness (QED) is 0.691. The summed E-state index contributed by atoms with van der Waals surface area (Å²) in [6, 6.07) is 22.7. The van der Waals surface area contributed by atoms with E-state index in [2.05, 4.69) is 0 Å². The van der Waals surface area contributed by atoms with Crippen molar-refractivity contribution in [3.05, 3.63) is 107 Å². The van der Waals surface area contributed by atoms with Crippen LogP contribution in [0, 0.1) is 0 Å². The van der Waals surface area contributed by atoms with Crippen LogP contribution in [0.5, 0.6) is 0 Å². The van der Waals surface area contributed by atoms with Gasteiger partial charge in [-0.25, -0.2) is 0 Å². The van der Waals surface area contributed by atoms with Crippen molar-refractivity contribution >= 4 is 5.78 Å². The minimum Gasteiger partial charge on any atom is -0.300 e. The van der Waals surface area contributed by atoms with Crippen molar-refractivity contribution in [2.75, 3.05) is 0 Å². The lowest BCUT2D eigenvalue weighted by molar-refractivity contribution is 0.0944. The summed E-state index contributed by atoms with van der Waals surface area (Å²) in [5.74, 6) is -0.0971. The number of Topliss-reactive ketones (excluding diaryl/α,β-unsaturated/α-hetero) is 1. The molecule has 1 heterocycles. The van der Waals surface area contributed by atoms with Crippen LogP contribution in [0.1, 0.15) is 22.0 Å². The van der Waals surface area contributed by atoms with Gasteiger partial charge in [0.05, 0.1) is 0 Å². The minimum atomic E-state index is -0.655. The van der Waals surface area contributed by atoms with Crippen LogP contribution >= 0.6 is 0 Å². The molecule has 22 heavy (non-hydrogen) atoms. The SMILES string of the molecule is O=C(c1ccccc1)C(c1ccccc1)n1ccccc1=O. The second kappa shape index (κ2) is 6.22. The Bertz CT molecular complexity index is 823. The Balaban J connectivity index is 2.14. The molecule has 0 saturated heterocycles. The van der Waals surface area contributed by atoms with Crippen molar-refractivity contribution in [1.82, 2.24) is 4.57 Å². The topological polar surface area (TPSA) is 39.1 Å². The van der Waals surface area contributed by atoms with Crippen LogP contribution in [0.15, 0.2) is 89.9 Å². The number of hydrogen-bond acceptors (Lipinski definition) is 2. The molecule has 0 aliphatic rings. The van der Waals surface area contributed by atoms with E-state index < -0.39 is 6.04 Å². The monoisotopic (exact) mass is 289 g/mol. The average molecular weight is 289 g/mol. The predicted molar refractivity (Wildman–Crippen MR) is 86.1 cm³/mol. The third-order valence-corrected chi connectivity index (χ3v) is 3.55. The van der Waals surface area contributed by atoms with Gasteiger partial charge in [0, 0.05) is 17.8 Å². The summed E-state index contributed by atoms with van der Waals surface area (Å²) in [4.78, 5) is 25.1. The smallest absolute Gasteiger partial charge is 0.251 e. The minimum absolute atomic E-state index is 0.0971. The van der Waals surface area contributed by atoms with Gasteiger partial charge < -0.3 is 4.57 Å². The molecular formula is C19H15NO2. The van der Waals surface area contributed by atoms with E-state index in [0.717, 1.165) is 5.56 Å². The van der Waals surface area contributed by atoms with Gasteiger partial charge in [-0.3, -0.25) is 9.59 Å². The maximum absolute atomic E-state index is 12.9. The first-order valence-corrected chi connectivity index (χ1v) is 7.09. The second-order valence-electron chi connectivity index (χ2n) is 4.99. The molecule has 108 valence electrons. The molecule has 3 heteroatoms. The molecule has 0 saturated carbocycles. The maximum Gasteiger partial charge on any atom is 0.251 e. The fourth-order valence-electron chi connectivity index (χ4n) is 2.49. The van der Waals surface area contributed by atoms with Crippen molar-refractivity contribution in [2.24, 2.45) is 0 Å². The Kier molecular flexibility index (Phi) is 3.97. The lowest BCUT2D eigenvalue weighted by atomic mass is 9.97. The maximum atomic E-state index is 12.9. The van der Waals surface area contributed by atoms with E-state index in [0.29, 0.717) is 5.56 Å². The Hall–Kier alpha value is -2.94. The third-order valence-electron chi connectivity index (χ3n) is 3.55. The molecule has 0 fully saturated rings. The molecule has 3 rings (SSSR count). The molecule has 0 spiro atoms. The Labute approximate surface area is 128 Å². The van der Waals surface area contributed by atoms with Crippen molar-refractivity contribution < 1.29 is 4.79 Å². The Morgan fingerprint density at radius 2 is 1.36 bits per heavy atom. The van der Waals surface area contributed by atoms with Crippen molar-refractivity contribution in [3.63, 3.8) is 0 Å². The summed E-state index contributed by atoms with van der Waals surface area (Å²) >= 11 is 0. The van der Waals surface area contributed by atoms with Crippen LogP contribution in [0.4, 0.5) is 0 Å². The van der Waals surface area contributed by atoms with E-state index in [-0.39, 0.29) is 11.3 Å². The number of ketones is 1. The number of aromatic nitrogens is 1. The molecule has 3 aromatic rings. The van der Waals surface area contributed by atoms with Gasteiger partial charge >= 0.3 is 0 Å². The molecule has 0 N–H and O–H groups in total. The van der Waals surface area contributed by atoms with Gasteiger partial charge in [0.2, 0.25) is 0 Å². The molecule has 1 aromatic heterocycles. The zero-order chi connectivity index (χ0) is 15.4. The van der Waals surface area contributed by atoms with E-state index in [1.807, 2.05) is 48.5 Å². The van der Waals surface area contributed by atoms with E-state index in [1.165, 1.54) is 10.6 Å². The fourth-order valence-corrected chi connectivity index (χ4v) is 2.49. The van der Waals surface area contributed by atoms with Crippen molar-refractivity contribution in [3.8, 4) is 0 Å². The number of nitrogens with zero attached hydrogens (tertiary/aromatic N) is 1. The standard InChI is InChI=1S/C19H15NO2/c21-17-13-7-8-14-20(17)18(15-9-3-1-4-10-15)19(22)16-11-5-2-6-12-16/h1-14,18H. The molecule has 2 aromatic carbocycles. The van der Waals surface area contributed by atoms with Gasteiger partial charge in [-0.15, -0.1) is 0 Å². The number of carbonyl (C=O) groups excluding carboxylic acids is 1. The number of rotatable bonds is 4. The van der Waals surface area contributed by atoms with E-state index >= 15 is 0 Å². The molecular weight excluding hydrogens is 274 g/mol. The van der Waals surface area contributed by atoms with Crippen LogP contribution in [0.25, 0.3) is 0 Å². The molecule has 1 atom stereocenters. The zero-order valence-electron chi connectivity index (χ0n) is 11.9. The van der Waals surface area contributed by atoms with Gasteiger partial charge in [0.1, 0.15) is 6.04 Å². The molecule has 0 amide bonds. The molecule has 0 bridgehead atoms. The lowest BCUT2D eigenvalue weighted by Crippen LogP contribution is -2.29. The summed E-state index contributed by atoms with van der Waals surface area (Å²) in [6.45, 7) is 0. The van der Waals surface area contributed by atoms with E-state index in [9.17, 15) is 9.59 Å². The van der Waals surface area contributed by atoms with Gasteiger partial charge in [-0.1, -0.05) is 66.7 Å². The highest BCUT2D eigenvalue weighted by atomic mass is 16.1. The highest BCUT2D eigenvalue weighted by molar-refractivity contribution is 6.00. The van der Waals surface area contributed by atoms with E-state index in [4.69, 9.17) is 0 Å². The van der Waals surface area contributed by atoms with Crippen LogP contribution in [-0.2, 0) is 0 Å². The normalized spacial score (nSPS) is 11.8. The third kappa shape index (κ3) is 2.74. The Morgan fingerprint density at radius 1 is 0.773 bits per heavy atom. The summed E-state index contributed by atoms with van der Waals surface area (Å²) in [5.41, 5.74) is 1.19. The Morgan fingerprint density at radius 3 is 2.00 bits per heavy atom. The summed E-state index contributed by atoms with van der Waals surface area (Å²) in [7, 11) is 0. The second-order valence-corrected chi connectivity index (χ2v) is 4.99. The van der Waals surface area contributed by atoms with Crippen LogP contribution < -0.4 is 5.56 Å². The fraction of sp³-hybridized carbons (Fsp3) is 0.0526. The molecule has 0 aliphatic carbocycles. The lowest BCUT2D eigenvalue weighted by Gasteiger charge is -2.19. The molecule has 0 aliphatic heterocycles. The van der Waals surface area contributed by atoms with Gasteiger partial charge in [0.25, 0.3) is 5.56 Å². The number of pyridine rings is 1. The summed E-state index contributed by atoms with van der Waals surface area (Å²) in [5, 5.41) is 0. The first-order valence-electron chi connectivity index (χ1n) is 7.09. The highest BCUT2D eigenvalue weighted by Gasteiger charge is 2.24. The van der Waals surface area contributed by atoms with Crippen LogP contribution in [0.2, 0.25) is 0 Å². The summed E-state index contributed by atoms with van der Waals surface area (Å²) in [6.07, 6.45) is 1.65. The van der Waals surface area contributed by atoms with E-state index in [1.54, 1.807) is 30.5 Å². The van der Waals surface area contributed by atoms with Gasteiger partial charge in [-0.05, 0) is 11.6 Å². The zero-order valence-corrected chi connectivity index (χ0v) is 11.9. The number of benzene rings is 2. The van der Waals surface area contributed by atoms with Crippen molar-refractivity contribution in [2.45, 2.75) is 6.04 Å². The van der Waals surface area contributed by atoms with Gasteiger partial charge in [0.15, 0.2) is 5.78 Å². The largest absolute Gasteiger partial charge is 0.300 e. The number of hydrogen-bond donors (Lipinski definition) is 0. The number of carbonyl (C=O) groups is 1. The summed E-state index contributed by atoms with van der Waals surface area (Å²) < 4.78 is 1.48. The molecule has 0 radical (unpaired) electrons. The van der Waals surface area contributed by atoms with Crippen LogP contribution in [-0.4, -0.2) is 10.4 Å².